The first-order valence-corrected chi connectivity index (χ1v) is 8.10. The van der Waals surface area contributed by atoms with E-state index in [9.17, 15) is 0 Å². The third-order valence-electron chi connectivity index (χ3n) is 5.80. The summed E-state index contributed by atoms with van der Waals surface area (Å²) < 4.78 is 0. The van der Waals surface area contributed by atoms with E-state index in [4.69, 9.17) is 0 Å². The average Bonchev–Trinajstić information content (AvgIpc) is 2.78. The van der Waals surface area contributed by atoms with Gasteiger partial charge in [-0.3, -0.25) is 0 Å². The third-order valence-corrected chi connectivity index (χ3v) is 5.80. The maximum absolute atomic E-state index is 4.07. The first-order chi connectivity index (χ1) is 8.72. The molecule has 0 aromatic heterocycles. The molecule has 3 aliphatic rings. The van der Waals surface area contributed by atoms with Gasteiger partial charge in [-0.2, -0.15) is 0 Å². The maximum Gasteiger partial charge on any atom is 0.0104 e. The Balaban J connectivity index is 1.58. The molecule has 3 saturated carbocycles. The fraction of sp³-hybridized carbons (Fsp3) is 0.882. The summed E-state index contributed by atoms with van der Waals surface area (Å²) in [6.45, 7) is 9.73. The number of fused-ring (bicyclic) bond motifs is 5. The van der Waals surface area contributed by atoms with Crippen molar-refractivity contribution < 1.29 is 0 Å². The van der Waals surface area contributed by atoms with Gasteiger partial charge in [0.1, 0.15) is 0 Å². The van der Waals surface area contributed by atoms with Gasteiger partial charge in [-0.15, -0.1) is 6.58 Å². The maximum atomic E-state index is 4.07. The zero-order valence-electron chi connectivity index (χ0n) is 12.1. The van der Waals surface area contributed by atoms with Crippen LogP contribution < -0.4 is 5.32 Å². The molecular formula is C17H29N. The van der Waals surface area contributed by atoms with Gasteiger partial charge in [-0.1, -0.05) is 12.5 Å². The summed E-state index contributed by atoms with van der Waals surface area (Å²) in [5, 5.41) is 3.84. The van der Waals surface area contributed by atoms with Crippen molar-refractivity contribution in [1.29, 1.82) is 0 Å². The Hall–Kier alpha value is -0.300. The molecule has 0 amide bonds. The highest BCUT2D eigenvalue weighted by Gasteiger charge is 2.66. The van der Waals surface area contributed by atoms with Crippen molar-refractivity contribution in [2.45, 2.75) is 58.4 Å². The van der Waals surface area contributed by atoms with E-state index in [1.54, 1.807) is 19.3 Å². The van der Waals surface area contributed by atoms with Gasteiger partial charge in [-0.05, 0) is 81.6 Å². The molecule has 18 heavy (non-hydrogen) atoms. The Bertz CT molecular complexity index is 306. The lowest BCUT2D eigenvalue weighted by atomic mass is 9.94. The zero-order chi connectivity index (χ0) is 12.7. The minimum absolute atomic E-state index is 0.792. The van der Waals surface area contributed by atoms with Gasteiger partial charge in [0.05, 0.1) is 0 Å². The fourth-order valence-electron chi connectivity index (χ4n) is 5.09. The van der Waals surface area contributed by atoms with E-state index in [2.05, 4.69) is 25.7 Å². The normalized spacial score (nSPS) is 41.8. The summed E-state index contributed by atoms with van der Waals surface area (Å²) in [4.78, 5) is 0. The van der Waals surface area contributed by atoms with Crippen LogP contribution in [0, 0.1) is 29.6 Å². The minimum atomic E-state index is 0.792. The van der Waals surface area contributed by atoms with E-state index in [-0.39, 0.29) is 0 Å². The van der Waals surface area contributed by atoms with Gasteiger partial charge in [0.25, 0.3) is 0 Å². The topological polar surface area (TPSA) is 12.0 Å². The van der Waals surface area contributed by atoms with Crippen LogP contribution >= 0.6 is 0 Å². The molecular weight excluding hydrogens is 218 g/mol. The van der Waals surface area contributed by atoms with Crippen LogP contribution in [0.25, 0.3) is 0 Å². The number of rotatable bonds is 7. The van der Waals surface area contributed by atoms with Crippen LogP contribution in [-0.4, -0.2) is 12.6 Å². The van der Waals surface area contributed by atoms with Crippen LogP contribution in [0.4, 0.5) is 0 Å². The van der Waals surface area contributed by atoms with Crippen molar-refractivity contribution in [2.75, 3.05) is 6.54 Å². The van der Waals surface area contributed by atoms with E-state index in [1.807, 2.05) is 0 Å². The highest BCUT2D eigenvalue weighted by molar-refractivity contribution is 5.16. The molecule has 3 fully saturated rings. The molecule has 102 valence electrons. The molecule has 3 aliphatic carbocycles. The van der Waals surface area contributed by atoms with E-state index in [1.165, 1.54) is 31.4 Å². The molecule has 5 atom stereocenters. The second-order valence-corrected chi connectivity index (χ2v) is 7.12. The summed E-state index contributed by atoms with van der Waals surface area (Å²) >= 11 is 0. The Morgan fingerprint density at radius 3 is 2.50 bits per heavy atom. The van der Waals surface area contributed by atoms with Crippen molar-refractivity contribution >= 4 is 0 Å². The molecule has 1 heteroatoms. The molecule has 0 radical (unpaired) electrons. The smallest absolute Gasteiger partial charge is 0.0104 e. The number of hydrogen-bond acceptors (Lipinski definition) is 1. The molecule has 5 unspecified atom stereocenters. The summed E-state index contributed by atoms with van der Waals surface area (Å²) in [6, 6.07) is 0.792. The van der Waals surface area contributed by atoms with Crippen LogP contribution in [0.5, 0.6) is 0 Å². The SMILES string of the molecule is C=C(C)CCC(NCCC)C1C2C3CCC(C3)C21. The van der Waals surface area contributed by atoms with Crippen molar-refractivity contribution in [3.8, 4) is 0 Å². The van der Waals surface area contributed by atoms with Gasteiger partial charge >= 0.3 is 0 Å². The first-order valence-electron chi connectivity index (χ1n) is 8.10. The number of allylic oxidation sites excluding steroid dienone is 1. The van der Waals surface area contributed by atoms with Crippen LogP contribution in [0.15, 0.2) is 12.2 Å². The van der Waals surface area contributed by atoms with Crippen molar-refractivity contribution in [2.24, 2.45) is 29.6 Å². The highest BCUT2D eigenvalue weighted by Crippen LogP contribution is 2.70. The Kier molecular flexibility index (Phi) is 3.53. The summed E-state index contributed by atoms with van der Waals surface area (Å²) in [7, 11) is 0. The second kappa shape index (κ2) is 5.00. The van der Waals surface area contributed by atoms with Crippen molar-refractivity contribution in [1.82, 2.24) is 5.32 Å². The molecule has 0 aromatic carbocycles. The van der Waals surface area contributed by atoms with Gasteiger partial charge in [0.15, 0.2) is 0 Å². The third kappa shape index (κ3) is 2.15. The first kappa shape index (κ1) is 12.7. The minimum Gasteiger partial charge on any atom is -0.314 e. The average molecular weight is 247 g/mol. The Labute approximate surface area is 112 Å². The molecule has 0 spiro atoms. The lowest BCUT2D eigenvalue weighted by Crippen LogP contribution is -2.34. The van der Waals surface area contributed by atoms with Crippen LogP contribution in [0.1, 0.15) is 52.4 Å². The summed E-state index contributed by atoms with van der Waals surface area (Å²) in [5.41, 5.74) is 1.35. The van der Waals surface area contributed by atoms with Gasteiger partial charge in [0.2, 0.25) is 0 Å². The molecule has 0 heterocycles. The lowest BCUT2D eigenvalue weighted by Gasteiger charge is -2.22. The van der Waals surface area contributed by atoms with E-state index in [0.29, 0.717) is 0 Å². The molecule has 0 aliphatic heterocycles. The van der Waals surface area contributed by atoms with Gasteiger partial charge < -0.3 is 5.32 Å². The predicted octanol–water partition coefficient (Wildman–Crippen LogP) is 4.00. The molecule has 1 nitrogen and oxygen atoms in total. The Morgan fingerprint density at radius 1 is 1.28 bits per heavy atom. The molecule has 0 saturated heterocycles. The Morgan fingerprint density at radius 2 is 1.94 bits per heavy atom. The largest absolute Gasteiger partial charge is 0.314 e. The molecule has 3 rings (SSSR count). The lowest BCUT2D eigenvalue weighted by molar-refractivity contribution is 0.348. The monoisotopic (exact) mass is 247 g/mol. The van der Waals surface area contributed by atoms with E-state index in [0.717, 1.165) is 35.6 Å². The van der Waals surface area contributed by atoms with Gasteiger partial charge in [-0.25, -0.2) is 0 Å². The number of hydrogen-bond donors (Lipinski definition) is 1. The quantitative estimate of drug-likeness (QED) is 0.670. The van der Waals surface area contributed by atoms with Crippen molar-refractivity contribution in [3.63, 3.8) is 0 Å². The molecule has 1 N–H and O–H groups in total. The van der Waals surface area contributed by atoms with Gasteiger partial charge in [0, 0.05) is 6.04 Å². The van der Waals surface area contributed by atoms with Crippen molar-refractivity contribution in [3.05, 3.63) is 12.2 Å². The number of nitrogens with one attached hydrogen (secondary N) is 1. The van der Waals surface area contributed by atoms with Crippen LogP contribution in [0.2, 0.25) is 0 Å². The standard InChI is InChI=1S/C17H29N/c1-4-9-18-14(8-5-11(2)3)17-15-12-6-7-13(10-12)16(15)17/h12-18H,2,4-10H2,1,3H3. The predicted molar refractivity (Wildman–Crippen MR) is 77.4 cm³/mol. The molecule has 2 bridgehead atoms. The zero-order valence-corrected chi connectivity index (χ0v) is 12.1. The van der Waals surface area contributed by atoms with E-state index < -0.39 is 0 Å². The molecule has 0 aromatic rings. The summed E-state index contributed by atoms with van der Waals surface area (Å²) in [6.07, 6.45) is 8.47. The van der Waals surface area contributed by atoms with E-state index >= 15 is 0 Å². The summed E-state index contributed by atoms with van der Waals surface area (Å²) in [5.74, 6) is 5.48. The fourth-order valence-corrected chi connectivity index (χ4v) is 5.09. The second-order valence-electron chi connectivity index (χ2n) is 7.12. The van der Waals surface area contributed by atoms with Crippen LogP contribution in [0.3, 0.4) is 0 Å². The highest BCUT2D eigenvalue weighted by atomic mass is 14.9. The van der Waals surface area contributed by atoms with Crippen LogP contribution in [-0.2, 0) is 0 Å².